The molecular formula is C17H23ClN2O2S2. The average Bonchev–Trinajstić information content (AvgIpc) is 2.97. The van der Waals surface area contributed by atoms with E-state index in [1.54, 1.807) is 0 Å². The summed E-state index contributed by atoms with van der Waals surface area (Å²) >= 11 is 1.32. The Kier molecular flexibility index (Phi) is 5.96. The van der Waals surface area contributed by atoms with Crippen LogP contribution in [0.2, 0.25) is 0 Å². The predicted molar refractivity (Wildman–Crippen MR) is 103 cm³/mol. The zero-order valence-corrected chi connectivity index (χ0v) is 16.6. The van der Waals surface area contributed by atoms with Gasteiger partial charge in [-0.1, -0.05) is 17.7 Å². The number of sulfone groups is 1. The van der Waals surface area contributed by atoms with Gasteiger partial charge in [-0.15, -0.1) is 23.7 Å². The first kappa shape index (κ1) is 19.2. The molecule has 132 valence electrons. The molecule has 1 fully saturated rings. The first-order chi connectivity index (χ1) is 10.9. The fourth-order valence-corrected chi connectivity index (χ4v) is 6.21. The second-order valence-electron chi connectivity index (χ2n) is 6.09. The van der Waals surface area contributed by atoms with Crippen molar-refractivity contribution >= 4 is 39.3 Å². The minimum absolute atomic E-state index is 0. The monoisotopic (exact) mass is 386 g/mol. The van der Waals surface area contributed by atoms with Crippen LogP contribution < -0.4 is 10.2 Å². The van der Waals surface area contributed by atoms with Gasteiger partial charge in [0.15, 0.2) is 0 Å². The predicted octanol–water partition coefficient (Wildman–Crippen LogP) is 3.34. The highest BCUT2D eigenvalue weighted by atomic mass is 35.5. The Morgan fingerprint density at radius 2 is 1.62 bits per heavy atom. The Labute approximate surface area is 154 Å². The van der Waals surface area contributed by atoms with E-state index in [0.717, 1.165) is 48.6 Å². The maximum absolute atomic E-state index is 13.1. The summed E-state index contributed by atoms with van der Waals surface area (Å²) in [6, 6.07) is 5.69. The molecule has 0 radical (unpaired) electrons. The highest BCUT2D eigenvalue weighted by molar-refractivity contribution is 7.93. The summed E-state index contributed by atoms with van der Waals surface area (Å²) in [7, 11) is -3.46. The molecule has 1 aromatic carbocycles. The van der Waals surface area contributed by atoms with E-state index in [2.05, 4.69) is 10.2 Å². The Morgan fingerprint density at radius 3 is 2.21 bits per heavy atom. The number of aryl methyl sites for hydroxylation is 3. The summed E-state index contributed by atoms with van der Waals surface area (Å²) in [5, 5.41) is 5.27. The van der Waals surface area contributed by atoms with Crippen molar-refractivity contribution in [1.29, 1.82) is 0 Å². The smallest absolute Gasteiger partial charge is 0.216 e. The minimum atomic E-state index is -3.46. The Balaban J connectivity index is 0.00000208. The van der Waals surface area contributed by atoms with Gasteiger partial charge in [0.05, 0.1) is 4.90 Å². The molecule has 24 heavy (non-hydrogen) atoms. The van der Waals surface area contributed by atoms with Crippen molar-refractivity contribution in [3.8, 4) is 0 Å². The molecule has 1 saturated heterocycles. The molecule has 2 heterocycles. The van der Waals surface area contributed by atoms with Crippen LogP contribution in [-0.2, 0) is 9.84 Å². The van der Waals surface area contributed by atoms with Crippen molar-refractivity contribution in [2.75, 3.05) is 31.1 Å². The van der Waals surface area contributed by atoms with Gasteiger partial charge >= 0.3 is 0 Å². The first-order valence-electron chi connectivity index (χ1n) is 7.77. The average molecular weight is 387 g/mol. The summed E-state index contributed by atoms with van der Waals surface area (Å²) in [5.41, 5.74) is 3.74. The minimum Gasteiger partial charge on any atom is -0.368 e. The Bertz CT molecular complexity index is 802. The van der Waals surface area contributed by atoms with Gasteiger partial charge in [0.25, 0.3) is 0 Å². The summed E-state index contributed by atoms with van der Waals surface area (Å²) in [6.45, 7) is 9.44. The lowest BCUT2D eigenvalue weighted by Crippen LogP contribution is -2.43. The maximum atomic E-state index is 13.1. The van der Waals surface area contributed by atoms with Crippen LogP contribution in [0, 0.1) is 20.8 Å². The molecule has 0 spiro atoms. The number of nitrogens with one attached hydrogen (secondary N) is 1. The van der Waals surface area contributed by atoms with E-state index in [0.29, 0.717) is 9.10 Å². The van der Waals surface area contributed by atoms with Crippen molar-refractivity contribution in [2.45, 2.75) is 29.9 Å². The molecule has 2 aromatic rings. The molecule has 0 bridgehead atoms. The van der Waals surface area contributed by atoms with Crippen LogP contribution in [0.5, 0.6) is 0 Å². The lowest BCUT2D eigenvalue weighted by Gasteiger charge is -2.28. The van der Waals surface area contributed by atoms with Crippen LogP contribution in [0.3, 0.4) is 0 Å². The van der Waals surface area contributed by atoms with Crippen molar-refractivity contribution < 1.29 is 8.42 Å². The van der Waals surface area contributed by atoms with Gasteiger partial charge in [0.2, 0.25) is 9.84 Å². The van der Waals surface area contributed by atoms with Crippen LogP contribution in [-0.4, -0.2) is 34.6 Å². The fraction of sp³-hybridized carbons (Fsp3) is 0.412. The summed E-state index contributed by atoms with van der Waals surface area (Å²) in [6.07, 6.45) is 0. The van der Waals surface area contributed by atoms with Crippen LogP contribution in [0.25, 0.3) is 0 Å². The van der Waals surface area contributed by atoms with Gasteiger partial charge in [-0.2, -0.15) is 0 Å². The lowest BCUT2D eigenvalue weighted by molar-refractivity contribution is 0.589. The Morgan fingerprint density at radius 1 is 1.04 bits per heavy atom. The molecule has 1 aromatic heterocycles. The van der Waals surface area contributed by atoms with Crippen LogP contribution in [0.15, 0.2) is 32.7 Å². The van der Waals surface area contributed by atoms with Gasteiger partial charge in [0.1, 0.15) is 4.21 Å². The molecular weight excluding hydrogens is 364 g/mol. The molecule has 1 aliphatic rings. The van der Waals surface area contributed by atoms with Crippen molar-refractivity contribution in [2.24, 2.45) is 0 Å². The number of benzene rings is 1. The van der Waals surface area contributed by atoms with Crippen LogP contribution >= 0.6 is 23.7 Å². The molecule has 0 saturated carbocycles. The second-order valence-corrected chi connectivity index (χ2v) is 9.12. The van der Waals surface area contributed by atoms with E-state index in [-0.39, 0.29) is 12.4 Å². The molecule has 1 aliphatic heterocycles. The number of rotatable bonds is 3. The van der Waals surface area contributed by atoms with E-state index in [1.165, 1.54) is 11.3 Å². The molecule has 7 heteroatoms. The van der Waals surface area contributed by atoms with E-state index in [4.69, 9.17) is 0 Å². The molecule has 3 rings (SSSR count). The molecule has 0 unspecified atom stereocenters. The molecule has 1 N–H and O–H groups in total. The molecule has 0 amide bonds. The number of hydrogen-bond donors (Lipinski definition) is 1. The topological polar surface area (TPSA) is 49.4 Å². The van der Waals surface area contributed by atoms with Crippen molar-refractivity contribution in [3.63, 3.8) is 0 Å². The maximum Gasteiger partial charge on any atom is 0.216 e. The quantitative estimate of drug-likeness (QED) is 0.878. The van der Waals surface area contributed by atoms with Gasteiger partial charge in [-0.25, -0.2) is 8.42 Å². The summed E-state index contributed by atoms with van der Waals surface area (Å²) in [4.78, 5) is 2.69. The van der Waals surface area contributed by atoms with Gasteiger partial charge in [-0.05, 0) is 38.0 Å². The fourth-order valence-electron chi connectivity index (χ4n) is 3.23. The third-order valence-corrected chi connectivity index (χ3v) is 7.67. The SMILES string of the molecule is Cc1cc(C)c(S(=O)(=O)c2cc(N3CCNCC3)cs2)c(C)c1.Cl. The second kappa shape index (κ2) is 7.44. The molecule has 0 aliphatic carbocycles. The summed E-state index contributed by atoms with van der Waals surface area (Å²) in [5.74, 6) is 0. The van der Waals surface area contributed by atoms with Crippen LogP contribution in [0.4, 0.5) is 5.69 Å². The van der Waals surface area contributed by atoms with E-state index < -0.39 is 9.84 Å². The lowest BCUT2D eigenvalue weighted by atomic mass is 10.1. The summed E-state index contributed by atoms with van der Waals surface area (Å²) < 4.78 is 26.6. The van der Waals surface area contributed by atoms with Gasteiger partial charge < -0.3 is 10.2 Å². The van der Waals surface area contributed by atoms with Gasteiger partial charge in [0, 0.05) is 37.2 Å². The molecule has 0 atom stereocenters. The highest BCUT2D eigenvalue weighted by Crippen LogP contribution is 2.34. The third-order valence-electron chi connectivity index (χ3n) is 4.18. The number of nitrogens with zero attached hydrogens (tertiary/aromatic N) is 1. The largest absolute Gasteiger partial charge is 0.368 e. The first-order valence-corrected chi connectivity index (χ1v) is 10.1. The van der Waals surface area contributed by atoms with E-state index in [1.807, 2.05) is 44.4 Å². The van der Waals surface area contributed by atoms with Crippen molar-refractivity contribution in [1.82, 2.24) is 5.32 Å². The van der Waals surface area contributed by atoms with E-state index >= 15 is 0 Å². The zero-order chi connectivity index (χ0) is 16.6. The highest BCUT2D eigenvalue weighted by Gasteiger charge is 2.25. The van der Waals surface area contributed by atoms with Crippen molar-refractivity contribution in [3.05, 3.63) is 40.3 Å². The normalized spacial score (nSPS) is 15.2. The van der Waals surface area contributed by atoms with Crippen LogP contribution in [0.1, 0.15) is 16.7 Å². The molecule has 4 nitrogen and oxygen atoms in total. The number of hydrogen-bond acceptors (Lipinski definition) is 5. The van der Waals surface area contributed by atoms with E-state index in [9.17, 15) is 8.42 Å². The van der Waals surface area contributed by atoms with Gasteiger partial charge in [-0.3, -0.25) is 0 Å². The number of anilines is 1. The standard InChI is InChI=1S/C17H22N2O2S2.ClH/c1-12-8-13(2)17(14(3)9-12)23(20,21)16-10-15(11-22-16)19-6-4-18-5-7-19;/h8-11,18H,4-7H2,1-3H3;1H. The number of halogens is 1. The number of thiophene rings is 1. The third kappa shape index (κ3) is 3.61. The Hall–Kier alpha value is -1.08. The number of piperazine rings is 1. The zero-order valence-electron chi connectivity index (χ0n) is 14.1.